The van der Waals surface area contributed by atoms with Crippen molar-refractivity contribution < 1.29 is 19.4 Å². The zero-order valence-corrected chi connectivity index (χ0v) is 11.6. The average Bonchev–Trinajstić information content (AvgIpc) is 2.74. The maximum absolute atomic E-state index is 12.3. The molecule has 0 saturated carbocycles. The Morgan fingerprint density at radius 2 is 1.81 bits per heavy atom. The third-order valence-corrected chi connectivity index (χ3v) is 4.12. The number of morpholine rings is 1. The highest BCUT2D eigenvalue weighted by Crippen LogP contribution is 2.28. The number of carbonyl (C=O) groups is 2. The third kappa shape index (κ3) is 2.85. The van der Waals surface area contributed by atoms with Crippen molar-refractivity contribution in [1.29, 1.82) is 0 Å². The Morgan fingerprint density at radius 3 is 2.38 bits per heavy atom. The van der Waals surface area contributed by atoms with Gasteiger partial charge in [0.1, 0.15) is 0 Å². The van der Waals surface area contributed by atoms with Gasteiger partial charge in [0, 0.05) is 6.54 Å². The number of benzene rings is 1. The van der Waals surface area contributed by atoms with Gasteiger partial charge in [0.2, 0.25) is 0 Å². The SMILES string of the molecule is O=C(O)c1ccc(CNC(=O)N2C3CCC2COC3)cc1. The Balaban J connectivity index is 1.57. The van der Waals surface area contributed by atoms with Crippen molar-refractivity contribution in [3.05, 3.63) is 35.4 Å². The Morgan fingerprint density at radius 1 is 1.19 bits per heavy atom. The van der Waals surface area contributed by atoms with Crippen LogP contribution < -0.4 is 5.32 Å². The van der Waals surface area contributed by atoms with E-state index in [1.165, 1.54) is 0 Å². The van der Waals surface area contributed by atoms with Crippen LogP contribution in [0.4, 0.5) is 4.79 Å². The van der Waals surface area contributed by atoms with Crippen LogP contribution in [-0.4, -0.2) is 47.3 Å². The summed E-state index contributed by atoms with van der Waals surface area (Å²) in [6.07, 6.45) is 2.01. The molecule has 0 spiro atoms. The van der Waals surface area contributed by atoms with E-state index in [1.54, 1.807) is 24.3 Å². The minimum Gasteiger partial charge on any atom is -0.478 e. The van der Waals surface area contributed by atoms with E-state index in [0.717, 1.165) is 18.4 Å². The molecule has 2 amide bonds. The van der Waals surface area contributed by atoms with E-state index in [2.05, 4.69) is 5.32 Å². The number of carboxylic acids is 1. The topological polar surface area (TPSA) is 78.9 Å². The molecule has 0 radical (unpaired) electrons. The van der Waals surface area contributed by atoms with E-state index in [9.17, 15) is 9.59 Å². The second-order valence-electron chi connectivity index (χ2n) is 5.49. The average molecular weight is 290 g/mol. The summed E-state index contributed by atoms with van der Waals surface area (Å²) in [5, 5.41) is 11.7. The number of ether oxygens (including phenoxy) is 1. The van der Waals surface area contributed by atoms with Gasteiger partial charge in [0.15, 0.2) is 0 Å². The molecule has 0 aliphatic carbocycles. The fraction of sp³-hybridized carbons (Fsp3) is 0.467. The Bertz CT molecular complexity index is 527. The molecule has 21 heavy (non-hydrogen) atoms. The summed E-state index contributed by atoms with van der Waals surface area (Å²) in [7, 11) is 0. The number of amides is 2. The number of rotatable bonds is 3. The van der Waals surface area contributed by atoms with E-state index in [0.29, 0.717) is 19.8 Å². The second-order valence-corrected chi connectivity index (χ2v) is 5.49. The summed E-state index contributed by atoms with van der Waals surface area (Å²) in [5.74, 6) is -0.949. The van der Waals surface area contributed by atoms with Crippen LogP contribution in [0.2, 0.25) is 0 Å². The summed E-state index contributed by atoms with van der Waals surface area (Å²) < 4.78 is 5.46. The lowest BCUT2D eigenvalue weighted by molar-refractivity contribution is 0.00631. The molecule has 2 N–H and O–H groups in total. The largest absolute Gasteiger partial charge is 0.478 e. The van der Waals surface area contributed by atoms with Gasteiger partial charge in [-0.1, -0.05) is 12.1 Å². The van der Waals surface area contributed by atoms with Gasteiger partial charge < -0.3 is 20.1 Å². The first-order valence-electron chi connectivity index (χ1n) is 7.11. The third-order valence-electron chi connectivity index (χ3n) is 4.12. The summed E-state index contributed by atoms with van der Waals surface area (Å²) in [6, 6.07) is 6.85. The van der Waals surface area contributed by atoms with Gasteiger partial charge in [-0.05, 0) is 30.5 Å². The molecule has 2 fully saturated rings. The van der Waals surface area contributed by atoms with E-state index in [1.807, 2.05) is 4.90 Å². The zero-order valence-electron chi connectivity index (χ0n) is 11.6. The van der Waals surface area contributed by atoms with Gasteiger partial charge >= 0.3 is 12.0 Å². The van der Waals surface area contributed by atoms with Crippen molar-refractivity contribution in [2.75, 3.05) is 13.2 Å². The highest BCUT2D eigenvalue weighted by Gasteiger charge is 2.40. The van der Waals surface area contributed by atoms with Crippen molar-refractivity contribution in [3.63, 3.8) is 0 Å². The van der Waals surface area contributed by atoms with E-state index >= 15 is 0 Å². The molecule has 1 aromatic carbocycles. The Hall–Kier alpha value is -2.08. The number of carboxylic acid groups (broad SMARTS) is 1. The number of hydrogen-bond acceptors (Lipinski definition) is 3. The van der Waals surface area contributed by atoms with Gasteiger partial charge in [-0.2, -0.15) is 0 Å². The van der Waals surface area contributed by atoms with Crippen LogP contribution in [0.5, 0.6) is 0 Å². The van der Waals surface area contributed by atoms with Crippen LogP contribution in [0.15, 0.2) is 24.3 Å². The van der Waals surface area contributed by atoms with Crippen molar-refractivity contribution in [2.24, 2.45) is 0 Å². The number of fused-ring (bicyclic) bond motifs is 2. The fourth-order valence-electron chi connectivity index (χ4n) is 2.99. The highest BCUT2D eigenvalue weighted by atomic mass is 16.5. The van der Waals surface area contributed by atoms with E-state index in [-0.39, 0.29) is 23.7 Å². The maximum atomic E-state index is 12.3. The molecule has 0 aromatic heterocycles. The van der Waals surface area contributed by atoms with Crippen LogP contribution in [0, 0.1) is 0 Å². The number of carbonyl (C=O) groups excluding carboxylic acids is 1. The molecular weight excluding hydrogens is 272 g/mol. The molecule has 2 bridgehead atoms. The molecule has 6 nitrogen and oxygen atoms in total. The number of aromatic carboxylic acids is 1. The monoisotopic (exact) mass is 290 g/mol. The predicted molar refractivity (Wildman–Crippen MR) is 75.1 cm³/mol. The van der Waals surface area contributed by atoms with Gasteiger partial charge in [-0.3, -0.25) is 0 Å². The van der Waals surface area contributed by atoms with Gasteiger partial charge in [-0.15, -0.1) is 0 Å². The minimum atomic E-state index is -0.949. The first kappa shape index (κ1) is 13.9. The van der Waals surface area contributed by atoms with Crippen LogP contribution in [0.1, 0.15) is 28.8 Å². The maximum Gasteiger partial charge on any atom is 0.335 e. The predicted octanol–water partition coefficient (Wildman–Crippen LogP) is 1.46. The van der Waals surface area contributed by atoms with Crippen LogP contribution in [0.25, 0.3) is 0 Å². The molecule has 6 heteroatoms. The van der Waals surface area contributed by atoms with Gasteiger partial charge in [0.25, 0.3) is 0 Å². The molecule has 2 heterocycles. The molecule has 2 saturated heterocycles. The smallest absolute Gasteiger partial charge is 0.335 e. The molecule has 2 unspecified atom stereocenters. The normalized spacial score (nSPS) is 23.9. The lowest BCUT2D eigenvalue weighted by Crippen LogP contribution is -2.52. The molecule has 1 aromatic rings. The minimum absolute atomic E-state index is 0.0619. The molecule has 112 valence electrons. The second kappa shape index (κ2) is 5.73. The van der Waals surface area contributed by atoms with E-state index in [4.69, 9.17) is 9.84 Å². The van der Waals surface area contributed by atoms with Gasteiger partial charge in [0.05, 0.1) is 30.9 Å². The fourth-order valence-corrected chi connectivity index (χ4v) is 2.99. The molecule has 3 rings (SSSR count). The van der Waals surface area contributed by atoms with Crippen molar-refractivity contribution in [1.82, 2.24) is 10.2 Å². The molecule has 2 atom stereocenters. The van der Waals surface area contributed by atoms with Gasteiger partial charge in [-0.25, -0.2) is 9.59 Å². The summed E-state index contributed by atoms with van der Waals surface area (Å²) >= 11 is 0. The first-order chi connectivity index (χ1) is 10.1. The molecule has 2 aliphatic rings. The summed E-state index contributed by atoms with van der Waals surface area (Å²) in [5.41, 5.74) is 1.13. The van der Waals surface area contributed by atoms with E-state index < -0.39 is 5.97 Å². The molecular formula is C15H18N2O4. The lowest BCUT2D eigenvalue weighted by Gasteiger charge is -2.34. The number of nitrogens with zero attached hydrogens (tertiary/aromatic N) is 1. The number of nitrogens with one attached hydrogen (secondary N) is 1. The standard InChI is InChI=1S/C15H18N2O4/c18-14(19)11-3-1-10(2-4-11)7-16-15(20)17-12-5-6-13(17)9-21-8-12/h1-4,12-13H,5-9H2,(H,16,20)(H,18,19). The number of hydrogen-bond donors (Lipinski definition) is 2. The zero-order chi connectivity index (χ0) is 14.8. The summed E-state index contributed by atoms with van der Waals surface area (Å²) in [4.78, 5) is 24.9. The lowest BCUT2D eigenvalue weighted by atomic mass is 10.1. The quantitative estimate of drug-likeness (QED) is 0.883. The Kier molecular flexibility index (Phi) is 3.79. The Labute approximate surface area is 122 Å². The highest BCUT2D eigenvalue weighted by molar-refractivity contribution is 5.87. The van der Waals surface area contributed by atoms with Crippen molar-refractivity contribution >= 4 is 12.0 Å². The van der Waals surface area contributed by atoms with Crippen LogP contribution in [-0.2, 0) is 11.3 Å². The first-order valence-corrected chi connectivity index (χ1v) is 7.11. The number of urea groups is 1. The van der Waals surface area contributed by atoms with Crippen LogP contribution in [0.3, 0.4) is 0 Å². The molecule has 2 aliphatic heterocycles. The summed E-state index contributed by atoms with van der Waals surface area (Å²) in [6.45, 7) is 1.64. The van der Waals surface area contributed by atoms with Crippen LogP contribution >= 0.6 is 0 Å². The van der Waals surface area contributed by atoms with Crippen molar-refractivity contribution in [3.8, 4) is 0 Å². The van der Waals surface area contributed by atoms with Crippen molar-refractivity contribution in [2.45, 2.75) is 31.5 Å².